The molecule has 0 aliphatic rings. The van der Waals surface area contributed by atoms with Crippen LogP contribution in [-0.4, -0.2) is 31.8 Å². The summed E-state index contributed by atoms with van der Waals surface area (Å²) in [6, 6.07) is 5.03. The quantitative estimate of drug-likeness (QED) is 0.428. The summed E-state index contributed by atoms with van der Waals surface area (Å²) < 4.78 is 9.76. The Morgan fingerprint density at radius 3 is 2.76 bits per heavy atom. The van der Waals surface area contributed by atoms with Crippen molar-refractivity contribution in [2.75, 3.05) is 12.4 Å². The molecule has 0 radical (unpaired) electrons. The minimum atomic E-state index is -0.485. The van der Waals surface area contributed by atoms with Gasteiger partial charge in [-0.25, -0.2) is 13.9 Å². The van der Waals surface area contributed by atoms with E-state index in [1.54, 1.807) is 23.6 Å². The zero-order valence-electron chi connectivity index (χ0n) is 18.7. The monoisotopic (exact) mass is 489 g/mol. The molecule has 0 saturated heterocycles. The first-order valence-electron chi connectivity index (χ1n) is 10.4. The lowest BCUT2D eigenvalue weighted by Gasteiger charge is -2.12. The topological polar surface area (TPSA) is 99.6 Å². The predicted octanol–water partition coefficient (Wildman–Crippen LogP) is 3.53. The van der Waals surface area contributed by atoms with E-state index in [1.807, 2.05) is 6.92 Å². The van der Waals surface area contributed by atoms with Crippen molar-refractivity contribution in [1.29, 1.82) is 0 Å². The SMILES string of the molecule is COc1cc(Cl)c(C)cc1NC(=O)Cn1nc2n(CCC(C)C)c(=O)c3sccc3n2c1=O. The number of aryl methyl sites for hydroxylation is 2. The van der Waals surface area contributed by atoms with Crippen molar-refractivity contribution in [2.24, 2.45) is 5.92 Å². The predicted molar refractivity (Wildman–Crippen MR) is 130 cm³/mol. The van der Waals surface area contributed by atoms with Crippen LogP contribution in [0.25, 0.3) is 16.0 Å². The molecule has 0 fully saturated rings. The van der Waals surface area contributed by atoms with E-state index in [1.165, 1.54) is 27.4 Å². The molecular weight excluding hydrogens is 466 g/mol. The van der Waals surface area contributed by atoms with Gasteiger partial charge in [-0.15, -0.1) is 16.4 Å². The third-order valence-corrected chi connectivity index (χ3v) is 6.67. The summed E-state index contributed by atoms with van der Waals surface area (Å²) in [5.41, 5.74) is 1.03. The number of ether oxygens (including phenoxy) is 1. The standard InChI is InChI=1S/C22H24ClN5O4S/c1-12(2)5-7-26-20(30)19-16(6-8-33-19)28-21(26)25-27(22(28)31)11-18(29)24-15-9-13(3)14(23)10-17(15)32-4/h6,8-10,12H,5,7,11H2,1-4H3,(H,24,29). The van der Waals surface area contributed by atoms with Crippen molar-refractivity contribution >= 4 is 50.5 Å². The fourth-order valence-electron chi connectivity index (χ4n) is 3.58. The van der Waals surface area contributed by atoms with E-state index < -0.39 is 11.6 Å². The Morgan fingerprint density at radius 1 is 1.30 bits per heavy atom. The van der Waals surface area contributed by atoms with E-state index in [4.69, 9.17) is 16.3 Å². The molecule has 1 N–H and O–H groups in total. The van der Waals surface area contributed by atoms with Gasteiger partial charge in [-0.2, -0.15) is 0 Å². The highest BCUT2D eigenvalue weighted by Crippen LogP contribution is 2.30. The Morgan fingerprint density at radius 2 is 2.06 bits per heavy atom. The first kappa shape index (κ1) is 23.1. The smallest absolute Gasteiger partial charge is 0.352 e. The fraction of sp³-hybridized carbons (Fsp3) is 0.364. The number of aromatic nitrogens is 4. The van der Waals surface area contributed by atoms with E-state index in [-0.39, 0.29) is 17.9 Å². The van der Waals surface area contributed by atoms with Gasteiger partial charge in [0.1, 0.15) is 17.0 Å². The molecule has 1 aromatic carbocycles. The van der Waals surface area contributed by atoms with Crippen LogP contribution in [-0.2, 0) is 17.9 Å². The van der Waals surface area contributed by atoms with Crippen LogP contribution in [0.4, 0.5) is 5.69 Å². The van der Waals surface area contributed by atoms with Gasteiger partial charge >= 0.3 is 5.69 Å². The summed E-state index contributed by atoms with van der Waals surface area (Å²) in [4.78, 5) is 39.0. The number of methoxy groups -OCH3 is 1. The lowest BCUT2D eigenvalue weighted by atomic mass is 10.1. The summed E-state index contributed by atoms with van der Waals surface area (Å²) in [5.74, 6) is 0.541. The highest BCUT2D eigenvalue weighted by Gasteiger charge is 2.20. The Kier molecular flexibility index (Phi) is 6.31. The van der Waals surface area contributed by atoms with Crippen molar-refractivity contribution in [2.45, 2.75) is 40.3 Å². The highest BCUT2D eigenvalue weighted by atomic mass is 35.5. The molecule has 0 aliphatic heterocycles. The number of amides is 1. The Labute approximate surface area is 198 Å². The second-order valence-corrected chi connectivity index (χ2v) is 9.52. The number of nitrogens with zero attached hydrogens (tertiary/aromatic N) is 4. The zero-order valence-corrected chi connectivity index (χ0v) is 20.3. The van der Waals surface area contributed by atoms with Gasteiger partial charge in [0.2, 0.25) is 11.7 Å². The average Bonchev–Trinajstić information content (AvgIpc) is 3.35. The molecule has 174 valence electrons. The van der Waals surface area contributed by atoms with Crippen LogP contribution >= 0.6 is 22.9 Å². The number of carbonyl (C=O) groups is 1. The van der Waals surface area contributed by atoms with Crippen molar-refractivity contribution in [3.05, 3.63) is 55.0 Å². The number of fused-ring (bicyclic) bond motifs is 3. The molecule has 0 aliphatic carbocycles. The second kappa shape index (κ2) is 9.03. The number of nitrogens with one attached hydrogen (secondary N) is 1. The number of carbonyl (C=O) groups excluding carboxylic acids is 1. The minimum absolute atomic E-state index is 0.184. The zero-order chi connectivity index (χ0) is 23.9. The molecular formula is C22H24ClN5O4S. The molecule has 33 heavy (non-hydrogen) atoms. The van der Waals surface area contributed by atoms with Crippen molar-refractivity contribution < 1.29 is 9.53 Å². The van der Waals surface area contributed by atoms with Crippen molar-refractivity contribution in [1.82, 2.24) is 18.7 Å². The summed E-state index contributed by atoms with van der Waals surface area (Å²) in [7, 11) is 1.48. The average molecular weight is 490 g/mol. The normalized spacial score (nSPS) is 11.6. The van der Waals surface area contributed by atoms with Gasteiger partial charge in [0.15, 0.2) is 0 Å². The van der Waals surface area contributed by atoms with Crippen LogP contribution in [0.3, 0.4) is 0 Å². The van der Waals surface area contributed by atoms with Gasteiger partial charge < -0.3 is 10.1 Å². The van der Waals surface area contributed by atoms with Crippen molar-refractivity contribution in [3.63, 3.8) is 0 Å². The van der Waals surface area contributed by atoms with E-state index >= 15 is 0 Å². The van der Waals surface area contributed by atoms with Gasteiger partial charge in [-0.3, -0.25) is 14.2 Å². The van der Waals surface area contributed by atoms with E-state index in [9.17, 15) is 14.4 Å². The van der Waals surface area contributed by atoms with Crippen LogP contribution in [0, 0.1) is 12.8 Å². The summed E-state index contributed by atoms with van der Waals surface area (Å²) in [5, 5.41) is 9.39. The third kappa shape index (κ3) is 4.28. The maximum atomic E-state index is 13.2. The van der Waals surface area contributed by atoms with Crippen LogP contribution in [0.1, 0.15) is 25.8 Å². The number of hydrogen-bond donors (Lipinski definition) is 1. The van der Waals surface area contributed by atoms with Crippen LogP contribution < -0.4 is 21.3 Å². The fourth-order valence-corrected chi connectivity index (χ4v) is 4.56. The first-order chi connectivity index (χ1) is 15.7. The molecule has 1 amide bonds. The lowest BCUT2D eigenvalue weighted by Crippen LogP contribution is -2.29. The van der Waals surface area contributed by atoms with Gasteiger partial charge in [0.05, 0.1) is 18.3 Å². The minimum Gasteiger partial charge on any atom is -0.495 e. The third-order valence-electron chi connectivity index (χ3n) is 5.37. The molecule has 0 saturated carbocycles. The van der Waals surface area contributed by atoms with Gasteiger partial charge in [0.25, 0.3) is 5.56 Å². The van der Waals surface area contributed by atoms with Gasteiger partial charge in [-0.05, 0) is 42.3 Å². The largest absolute Gasteiger partial charge is 0.495 e. The van der Waals surface area contributed by atoms with E-state index in [0.29, 0.717) is 39.1 Å². The second-order valence-electron chi connectivity index (χ2n) is 8.20. The Balaban J connectivity index is 1.74. The van der Waals surface area contributed by atoms with Gasteiger partial charge in [-0.1, -0.05) is 25.4 Å². The summed E-state index contributed by atoms with van der Waals surface area (Å²) in [6.07, 6.45) is 0.754. The summed E-state index contributed by atoms with van der Waals surface area (Å²) >= 11 is 7.41. The molecule has 0 atom stereocenters. The number of thiophene rings is 1. The molecule has 0 bridgehead atoms. The first-order valence-corrected chi connectivity index (χ1v) is 11.7. The molecule has 4 rings (SSSR count). The van der Waals surface area contributed by atoms with E-state index in [2.05, 4.69) is 24.3 Å². The van der Waals surface area contributed by atoms with Crippen molar-refractivity contribution in [3.8, 4) is 5.75 Å². The summed E-state index contributed by atoms with van der Waals surface area (Å²) in [6.45, 7) is 6.04. The molecule has 3 aromatic heterocycles. The Bertz CT molecular complexity index is 1480. The number of halogens is 1. The maximum absolute atomic E-state index is 13.2. The number of benzene rings is 1. The highest BCUT2D eigenvalue weighted by molar-refractivity contribution is 7.17. The molecule has 9 nitrogen and oxygen atoms in total. The lowest BCUT2D eigenvalue weighted by molar-refractivity contribution is -0.117. The molecule has 3 heterocycles. The maximum Gasteiger partial charge on any atom is 0.352 e. The van der Waals surface area contributed by atoms with E-state index in [0.717, 1.165) is 16.7 Å². The molecule has 4 aromatic rings. The molecule has 0 spiro atoms. The number of rotatable bonds is 7. The van der Waals surface area contributed by atoms with Gasteiger partial charge in [0, 0.05) is 17.6 Å². The number of anilines is 1. The molecule has 0 unspecified atom stereocenters. The van der Waals surface area contributed by atoms with Crippen LogP contribution in [0.15, 0.2) is 33.2 Å². The molecule has 11 heteroatoms. The number of hydrogen-bond acceptors (Lipinski definition) is 6. The Hall–Kier alpha value is -3.11. The van der Waals surface area contributed by atoms with Crippen LogP contribution in [0.2, 0.25) is 5.02 Å². The van der Waals surface area contributed by atoms with Crippen LogP contribution in [0.5, 0.6) is 5.75 Å².